The van der Waals surface area contributed by atoms with Crippen LogP contribution >= 0.6 is 23.4 Å². The smallest absolute Gasteiger partial charge is 0.276 e. The minimum atomic E-state index is -0.411. The maximum absolute atomic E-state index is 12.5. The van der Waals surface area contributed by atoms with Gasteiger partial charge in [-0.25, -0.2) is 5.01 Å². The zero-order chi connectivity index (χ0) is 19.4. The van der Waals surface area contributed by atoms with Gasteiger partial charge in [0, 0.05) is 5.02 Å². The van der Waals surface area contributed by atoms with Crippen LogP contribution in [0.15, 0.2) is 48.5 Å². The van der Waals surface area contributed by atoms with Crippen molar-refractivity contribution in [1.82, 2.24) is 10.4 Å². The van der Waals surface area contributed by atoms with Crippen LogP contribution in [-0.2, 0) is 9.59 Å². The van der Waals surface area contributed by atoms with Crippen LogP contribution < -0.4 is 14.9 Å². The van der Waals surface area contributed by atoms with Crippen LogP contribution in [0.1, 0.15) is 17.9 Å². The van der Waals surface area contributed by atoms with Crippen molar-refractivity contribution in [2.45, 2.75) is 17.5 Å². The van der Waals surface area contributed by atoms with E-state index in [4.69, 9.17) is 21.1 Å². The topological polar surface area (TPSA) is 67.9 Å². The second kappa shape index (κ2) is 8.54. The number of hydrogen-bond donors (Lipinski definition) is 1. The van der Waals surface area contributed by atoms with E-state index in [1.54, 1.807) is 31.4 Å². The van der Waals surface area contributed by atoms with E-state index in [1.807, 2.05) is 31.2 Å². The standard InChI is InChI=1S/C19H19ClN2O4S/c1-12-18(24)22(19(27-12)13-3-7-15(25-2)8-4-13)21-17(23)11-26-16-9-5-14(20)6-10-16/h3-10,12,19H,11H2,1-2H3,(H,21,23). The van der Waals surface area contributed by atoms with E-state index in [-0.39, 0.29) is 23.1 Å². The van der Waals surface area contributed by atoms with Crippen molar-refractivity contribution >= 4 is 35.2 Å². The van der Waals surface area contributed by atoms with E-state index in [0.29, 0.717) is 10.8 Å². The van der Waals surface area contributed by atoms with Gasteiger partial charge in [0.05, 0.1) is 12.4 Å². The molecular formula is C19H19ClN2O4S. The lowest BCUT2D eigenvalue weighted by molar-refractivity contribution is -0.141. The van der Waals surface area contributed by atoms with Crippen molar-refractivity contribution in [2.75, 3.05) is 13.7 Å². The monoisotopic (exact) mass is 406 g/mol. The molecule has 0 aliphatic carbocycles. The quantitative estimate of drug-likeness (QED) is 0.796. The first-order chi connectivity index (χ1) is 13.0. The molecule has 6 nitrogen and oxygen atoms in total. The summed E-state index contributed by atoms with van der Waals surface area (Å²) in [7, 11) is 1.60. The van der Waals surface area contributed by atoms with Crippen LogP contribution in [0.5, 0.6) is 11.5 Å². The Bertz CT molecular complexity index is 813. The van der Waals surface area contributed by atoms with Gasteiger partial charge in [0.25, 0.3) is 11.8 Å². The van der Waals surface area contributed by atoms with Crippen LogP contribution in [0, 0.1) is 0 Å². The van der Waals surface area contributed by atoms with Gasteiger partial charge < -0.3 is 9.47 Å². The lowest BCUT2D eigenvalue weighted by atomic mass is 10.2. The number of thioether (sulfide) groups is 1. The number of halogens is 1. The maximum Gasteiger partial charge on any atom is 0.276 e. The molecular weight excluding hydrogens is 388 g/mol. The van der Waals surface area contributed by atoms with Gasteiger partial charge in [0.1, 0.15) is 16.9 Å². The molecule has 1 aliphatic rings. The summed E-state index contributed by atoms with van der Waals surface area (Å²) in [6.07, 6.45) is 0. The summed E-state index contributed by atoms with van der Waals surface area (Å²) < 4.78 is 10.6. The fourth-order valence-corrected chi connectivity index (χ4v) is 3.92. The molecule has 1 fully saturated rings. The maximum atomic E-state index is 12.5. The van der Waals surface area contributed by atoms with Crippen LogP contribution in [0.3, 0.4) is 0 Å². The number of benzene rings is 2. The first kappa shape index (κ1) is 19.4. The first-order valence-corrected chi connectivity index (χ1v) is 9.60. The molecule has 8 heteroatoms. The molecule has 1 saturated heterocycles. The third kappa shape index (κ3) is 4.67. The Labute approximate surface area is 166 Å². The number of methoxy groups -OCH3 is 1. The molecule has 0 aromatic heterocycles. The van der Waals surface area contributed by atoms with Crippen LogP contribution in [0.2, 0.25) is 5.02 Å². The van der Waals surface area contributed by atoms with Gasteiger partial charge >= 0.3 is 0 Å². The van der Waals surface area contributed by atoms with E-state index in [0.717, 1.165) is 11.3 Å². The normalized spacial score (nSPS) is 19.1. The van der Waals surface area contributed by atoms with E-state index < -0.39 is 5.91 Å². The summed E-state index contributed by atoms with van der Waals surface area (Å²) in [6.45, 7) is 1.61. The molecule has 27 heavy (non-hydrogen) atoms. The van der Waals surface area contributed by atoms with Crippen molar-refractivity contribution in [3.05, 3.63) is 59.1 Å². The van der Waals surface area contributed by atoms with Gasteiger partial charge in [-0.1, -0.05) is 23.7 Å². The van der Waals surface area contributed by atoms with E-state index in [2.05, 4.69) is 5.43 Å². The van der Waals surface area contributed by atoms with Crippen molar-refractivity contribution in [3.63, 3.8) is 0 Å². The lowest BCUT2D eigenvalue weighted by Crippen LogP contribution is -2.47. The minimum Gasteiger partial charge on any atom is -0.497 e. The number of amides is 2. The van der Waals surface area contributed by atoms with Gasteiger partial charge in [-0.2, -0.15) is 0 Å². The van der Waals surface area contributed by atoms with Crippen molar-refractivity contribution < 1.29 is 19.1 Å². The first-order valence-electron chi connectivity index (χ1n) is 8.28. The molecule has 0 bridgehead atoms. The Hall–Kier alpha value is -2.38. The third-order valence-corrected chi connectivity index (χ3v) is 5.59. The molecule has 2 aromatic carbocycles. The average Bonchev–Trinajstić information content (AvgIpc) is 2.96. The second-order valence-corrected chi connectivity index (χ2v) is 7.75. The summed E-state index contributed by atoms with van der Waals surface area (Å²) in [6, 6.07) is 14.1. The number of hydrogen-bond acceptors (Lipinski definition) is 5. The Morgan fingerprint density at radius 2 is 1.78 bits per heavy atom. The fourth-order valence-electron chi connectivity index (χ4n) is 2.58. The predicted octanol–water partition coefficient (Wildman–Crippen LogP) is 3.42. The molecule has 2 amide bonds. The minimum absolute atomic E-state index is 0.152. The molecule has 142 valence electrons. The number of carbonyl (C=O) groups is 2. The highest BCUT2D eigenvalue weighted by Gasteiger charge is 2.39. The molecule has 0 spiro atoms. The summed E-state index contributed by atoms with van der Waals surface area (Å²) in [5.41, 5.74) is 3.56. The molecule has 2 atom stereocenters. The number of ether oxygens (including phenoxy) is 2. The van der Waals surface area contributed by atoms with Crippen molar-refractivity contribution in [2.24, 2.45) is 0 Å². The molecule has 0 radical (unpaired) electrons. The Morgan fingerprint density at radius 3 is 2.41 bits per heavy atom. The number of nitrogens with zero attached hydrogens (tertiary/aromatic N) is 1. The van der Waals surface area contributed by atoms with Gasteiger partial charge in [-0.05, 0) is 48.9 Å². The lowest BCUT2D eigenvalue weighted by Gasteiger charge is -2.24. The molecule has 0 saturated carbocycles. The zero-order valence-electron chi connectivity index (χ0n) is 14.8. The van der Waals surface area contributed by atoms with E-state index >= 15 is 0 Å². The highest BCUT2D eigenvalue weighted by molar-refractivity contribution is 8.01. The number of carbonyl (C=O) groups excluding carboxylic acids is 2. The molecule has 1 heterocycles. The Morgan fingerprint density at radius 1 is 1.15 bits per heavy atom. The average molecular weight is 407 g/mol. The highest BCUT2D eigenvalue weighted by Crippen LogP contribution is 2.41. The second-order valence-electron chi connectivity index (χ2n) is 5.89. The van der Waals surface area contributed by atoms with Crippen molar-refractivity contribution in [3.8, 4) is 11.5 Å². The fraction of sp³-hybridized carbons (Fsp3) is 0.263. The van der Waals surface area contributed by atoms with Gasteiger partial charge in [-0.15, -0.1) is 11.8 Å². The zero-order valence-corrected chi connectivity index (χ0v) is 16.4. The van der Waals surface area contributed by atoms with Gasteiger partial charge in [0.2, 0.25) is 0 Å². The largest absolute Gasteiger partial charge is 0.497 e. The van der Waals surface area contributed by atoms with Gasteiger partial charge in [0.15, 0.2) is 6.61 Å². The molecule has 2 aromatic rings. The Kier molecular flexibility index (Phi) is 6.13. The van der Waals surface area contributed by atoms with Gasteiger partial charge in [-0.3, -0.25) is 15.0 Å². The van der Waals surface area contributed by atoms with Crippen LogP contribution in [-0.4, -0.2) is 35.8 Å². The molecule has 1 aliphatic heterocycles. The predicted molar refractivity (Wildman–Crippen MR) is 105 cm³/mol. The van der Waals surface area contributed by atoms with Crippen molar-refractivity contribution in [1.29, 1.82) is 0 Å². The number of nitrogens with one attached hydrogen (secondary N) is 1. The van der Waals surface area contributed by atoms with Crippen LogP contribution in [0.25, 0.3) is 0 Å². The number of rotatable bonds is 6. The van der Waals surface area contributed by atoms with Crippen LogP contribution in [0.4, 0.5) is 0 Å². The summed E-state index contributed by atoms with van der Waals surface area (Å²) in [4.78, 5) is 24.8. The van der Waals surface area contributed by atoms with E-state index in [1.165, 1.54) is 16.8 Å². The third-order valence-electron chi connectivity index (χ3n) is 3.98. The molecule has 1 N–H and O–H groups in total. The molecule has 3 rings (SSSR count). The molecule has 2 unspecified atom stereocenters. The summed E-state index contributed by atoms with van der Waals surface area (Å²) in [5.74, 6) is 0.692. The van der Waals surface area contributed by atoms with E-state index in [9.17, 15) is 9.59 Å². The summed E-state index contributed by atoms with van der Waals surface area (Å²) >= 11 is 7.29. The SMILES string of the molecule is COc1ccc(C2SC(C)C(=O)N2NC(=O)COc2ccc(Cl)cc2)cc1. The Balaban J connectivity index is 1.65. The highest BCUT2D eigenvalue weighted by atomic mass is 35.5. The summed E-state index contributed by atoms with van der Waals surface area (Å²) in [5, 5.41) is 1.39. The number of hydrazine groups is 1.